The van der Waals surface area contributed by atoms with Crippen molar-refractivity contribution in [3.8, 4) is 0 Å². The van der Waals surface area contributed by atoms with Gasteiger partial charge in [0.05, 0.1) is 6.54 Å². The van der Waals surface area contributed by atoms with Gasteiger partial charge in [0.1, 0.15) is 5.76 Å². The number of sulfonamides is 1. The monoisotopic (exact) mass is 314 g/mol. The molecule has 0 radical (unpaired) electrons. The van der Waals surface area contributed by atoms with Gasteiger partial charge in [-0.2, -0.15) is 0 Å². The first kappa shape index (κ1) is 16.5. The van der Waals surface area contributed by atoms with E-state index < -0.39 is 10.0 Å². The van der Waals surface area contributed by atoms with Crippen LogP contribution in [0.15, 0.2) is 21.6 Å². The maximum absolute atomic E-state index is 12.3. The van der Waals surface area contributed by atoms with E-state index in [1.807, 2.05) is 6.92 Å². The lowest BCUT2D eigenvalue weighted by Crippen LogP contribution is -2.36. The van der Waals surface area contributed by atoms with Crippen molar-refractivity contribution < 1.29 is 12.8 Å². The lowest BCUT2D eigenvalue weighted by molar-refractivity contribution is 0.218. The average molecular weight is 314 g/mol. The Hall–Kier alpha value is -0.850. The van der Waals surface area contributed by atoms with Gasteiger partial charge in [-0.05, 0) is 36.9 Å². The second-order valence-electron chi connectivity index (χ2n) is 6.20. The molecule has 6 heteroatoms. The van der Waals surface area contributed by atoms with Gasteiger partial charge in [0.15, 0.2) is 0 Å². The fraction of sp³-hybridized carbons (Fsp3) is 0.733. The Morgan fingerprint density at radius 3 is 2.62 bits per heavy atom. The third-order valence-corrected chi connectivity index (χ3v) is 5.47. The van der Waals surface area contributed by atoms with Crippen molar-refractivity contribution >= 4 is 10.0 Å². The molecule has 1 aromatic rings. The molecule has 0 atom stereocenters. The van der Waals surface area contributed by atoms with Crippen LogP contribution in [0.25, 0.3) is 0 Å². The summed E-state index contributed by atoms with van der Waals surface area (Å²) in [5.41, 5.74) is 0.0739. The van der Waals surface area contributed by atoms with Crippen LogP contribution >= 0.6 is 0 Å². The summed E-state index contributed by atoms with van der Waals surface area (Å²) in [6.45, 7) is 6.00. The molecule has 21 heavy (non-hydrogen) atoms. The highest BCUT2D eigenvalue weighted by molar-refractivity contribution is 7.89. The summed E-state index contributed by atoms with van der Waals surface area (Å²) < 4.78 is 32.7. The van der Waals surface area contributed by atoms with Gasteiger partial charge >= 0.3 is 0 Å². The Kier molecular flexibility index (Phi) is 5.46. The third-order valence-electron chi connectivity index (χ3n) is 4.20. The summed E-state index contributed by atoms with van der Waals surface area (Å²) in [5.74, 6) is 0.640. The first-order valence-corrected chi connectivity index (χ1v) is 9.23. The number of rotatable bonds is 7. The highest BCUT2D eigenvalue weighted by Crippen LogP contribution is 2.35. The van der Waals surface area contributed by atoms with Crippen LogP contribution in [0.2, 0.25) is 0 Å². The van der Waals surface area contributed by atoms with Gasteiger partial charge in [-0.15, -0.1) is 0 Å². The van der Waals surface area contributed by atoms with E-state index in [4.69, 9.17) is 4.42 Å². The van der Waals surface area contributed by atoms with Crippen LogP contribution < -0.4 is 10.0 Å². The van der Waals surface area contributed by atoms with Crippen molar-refractivity contribution in [2.24, 2.45) is 5.41 Å². The standard InChI is InChI=1S/C15H26N2O3S/c1-3-16-11-13-7-8-14(20-13)21(18,19)17-12-15(2)9-5-4-6-10-15/h7-8,16-17H,3-6,9-12H2,1-2H3. The molecule has 1 aliphatic carbocycles. The minimum absolute atomic E-state index is 0.00909. The Labute approximate surface area is 127 Å². The maximum Gasteiger partial charge on any atom is 0.273 e. The molecule has 2 rings (SSSR count). The van der Waals surface area contributed by atoms with Crippen molar-refractivity contribution in [2.75, 3.05) is 13.1 Å². The molecule has 120 valence electrons. The summed E-state index contributed by atoms with van der Waals surface area (Å²) in [6.07, 6.45) is 5.80. The lowest BCUT2D eigenvalue weighted by atomic mass is 9.76. The van der Waals surface area contributed by atoms with E-state index in [1.165, 1.54) is 25.3 Å². The van der Waals surface area contributed by atoms with Crippen molar-refractivity contribution in [3.63, 3.8) is 0 Å². The topological polar surface area (TPSA) is 71.3 Å². The molecular formula is C15H26N2O3S. The summed E-state index contributed by atoms with van der Waals surface area (Å²) in [5, 5.41) is 3.12. The fourth-order valence-corrected chi connectivity index (χ4v) is 3.91. The molecule has 0 bridgehead atoms. The first-order valence-electron chi connectivity index (χ1n) is 7.74. The lowest BCUT2D eigenvalue weighted by Gasteiger charge is -2.33. The minimum Gasteiger partial charge on any atom is -0.447 e. The van der Waals surface area contributed by atoms with Crippen LogP contribution in [0.3, 0.4) is 0 Å². The van der Waals surface area contributed by atoms with Crippen molar-refractivity contribution in [1.29, 1.82) is 0 Å². The smallest absolute Gasteiger partial charge is 0.273 e. The van der Waals surface area contributed by atoms with Gasteiger partial charge in [0, 0.05) is 6.54 Å². The van der Waals surface area contributed by atoms with Crippen LogP contribution in [0, 0.1) is 5.41 Å². The third kappa shape index (κ3) is 4.56. The van der Waals surface area contributed by atoms with E-state index in [0.717, 1.165) is 19.4 Å². The Balaban J connectivity index is 1.96. The van der Waals surface area contributed by atoms with E-state index in [2.05, 4.69) is 17.0 Å². The summed E-state index contributed by atoms with van der Waals surface area (Å²) in [7, 11) is -3.55. The first-order chi connectivity index (χ1) is 9.95. The van der Waals surface area contributed by atoms with Gasteiger partial charge in [-0.3, -0.25) is 0 Å². The number of furan rings is 1. The molecular weight excluding hydrogens is 288 g/mol. The van der Waals surface area contributed by atoms with Crippen molar-refractivity contribution in [2.45, 2.75) is 57.6 Å². The van der Waals surface area contributed by atoms with Crippen LogP contribution in [-0.4, -0.2) is 21.5 Å². The predicted octanol–water partition coefficient (Wildman–Crippen LogP) is 2.64. The van der Waals surface area contributed by atoms with Gasteiger partial charge in [-0.1, -0.05) is 33.1 Å². The largest absolute Gasteiger partial charge is 0.447 e. The number of hydrogen-bond acceptors (Lipinski definition) is 4. The molecule has 0 spiro atoms. The zero-order chi connectivity index (χ0) is 15.3. The quantitative estimate of drug-likeness (QED) is 0.811. The normalized spacial score (nSPS) is 18.8. The SMILES string of the molecule is CCNCc1ccc(S(=O)(=O)NCC2(C)CCCCC2)o1. The number of hydrogen-bond donors (Lipinski definition) is 2. The second kappa shape index (κ2) is 6.94. The summed E-state index contributed by atoms with van der Waals surface area (Å²) in [6, 6.07) is 3.23. The minimum atomic E-state index is -3.55. The zero-order valence-corrected chi connectivity index (χ0v) is 13.8. The highest BCUT2D eigenvalue weighted by Gasteiger charge is 2.29. The van der Waals surface area contributed by atoms with Gasteiger partial charge in [0.25, 0.3) is 10.0 Å². The van der Waals surface area contributed by atoms with E-state index in [9.17, 15) is 8.42 Å². The molecule has 0 saturated heterocycles. The number of nitrogens with one attached hydrogen (secondary N) is 2. The molecule has 1 heterocycles. The van der Waals surface area contributed by atoms with Gasteiger partial charge in [-0.25, -0.2) is 13.1 Å². The molecule has 2 N–H and O–H groups in total. The summed E-state index contributed by atoms with van der Waals surface area (Å²) in [4.78, 5) is 0. The van der Waals surface area contributed by atoms with Crippen molar-refractivity contribution in [1.82, 2.24) is 10.0 Å². The highest BCUT2D eigenvalue weighted by atomic mass is 32.2. The maximum atomic E-state index is 12.3. The zero-order valence-electron chi connectivity index (χ0n) is 12.9. The van der Waals surface area contributed by atoms with E-state index in [-0.39, 0.29) is 10.5 Å². The van der Waals surface area contributed by atoms with E-state index in [0.29, 0.717) is 18.8 Å². The fourth-order valence-electron chi connectivity index (χ4n) is 2.77. The van der Waals surface area contributed by atoms with Crippen LogP contribution in [0.4, 0.5) is 0 Å². The molecule has 0 aromatic carbocycles. The van der Waals surface area contributed by atoms with E-state index in [1.54, 1.807) is 6.07 Å². The van der Waals surface area contributed by atoms with Gasteiger partial charge in [0.2, 0.25) is 5.09 Å². The molecule has 1 aromatic heterocycles. The summed E-state index contributed by atoms with van der Waals surface area (Å²) >= 11 is 0. The van der Waals surface area contributed by atoms with Crippen LogP contribution in [-0.2, 0) is 16.6 Å². The Morgan fingerprint density at radius 1 is 1.24 bits per heavy atom. The van der Waals surface area contributed by atoms with E-state index >= 15 is 0 Å². The molecule has 0 amide bonds. The average Bonchev–Trinajstić information content (AvgIpc) is 2.94. The second-order valence-corrected chi connectivity index (χ2v) is 7.89. The van der Waals surface area contributed by atoms with Crippen LogP contribution in [0.1, 0.15) is 51.7 Å². The Bertz CT molecular complexity index is 545. The molecule has 0 aliphatic heterocycles. The molecule has 5 nitrogen and oxygen atoms in total. The van der Waals surface area contributed by atoms with Gasteiger partial charge < -0.3 is 9.73 Å². The predicted molar refractivity (Wildman–Crippen MR) is 82.5 cm³/mol. The Morgan fingerprint density at radius 2 is 1.95 bits per heavy atom. The molecule has 1 fully saturated rings. The molecule has 0 unspecified atom stereocenters. The van der Waals surface area contributed by atoms with Crippen molar-refractivity contribution in [3.05, 3.63) is 17.9 Å². The van der Waals surface area contributed by atoms with Crippen LogP contribution in [0.5, 0.6) is 0 Å². The molecule has 1 saturated carbocycles. The molecule has 1 aliphatic rings.